The van der Waals surface area contributed by atoms with Gasteiger partial charge >= 0.3 is 0 Å². The number of hydrogen-bond acceptors (Lipinski definition) is 4. The van der Waals surface area contributed by atoms with E-state index in [1.807, 2.05) is 6.07 Å². The molecule has 2 atom stereocenters. The van der Waals surface area contributed by atoms with Gasteiger partial charge in [0.15, 0.2) is 0 Å². The van der Waals surface area contributed by atoms with E-state index in [0.717, 1.165) is 0 Å². The quantitative estimate of drug-likeness (QED) is 0.760. The van der Waals surface area contributed by atoms with Gasteiger partial charge in [0.05, 0.1) is 29.5 Å². The zero-order chi connectivity index (χ0) is 13.1. The van der Waals surface area contributed by atoms with Crippen molar-refractivity contribution in [1.82, 2.24) is 5.32 Å². The minimum atomic E-state index is -0.467. The number of aliphatic hydroxyl groups excluding tert-OH is 1. The summed E-state index contributed by atoms with van der Waals surface area (Å²) in [6, 6.07) is 6.60. The Hall–Kier alpha value is -1.42. The number of anilines is 1. The maximum absolute atomic E-state index is 11.9. The first-order chi connectivity index (χ1) is 8.60. The first kappa shape index (κ1) is 13.0. The van der Waals surface area contributed by atoms with Crippen molar-refractivity contribution in [3.63, 3.8) is 0 Å². The molecule has 1 aliphatic heterocycles. The first-order valence-corrected chi connectivity index (χ1v) is 6.31. The molecule has 0 radical (unpaired) electrons. The number of β-amino-alcohol motifs (C(OH)–C–C–N with tert-alkyl or cyclic N) is 1. The molecule has 0 aromatic heterocycles. The molecule has 1 aromatic rings. The van der Waals surface area contributed by atoms with Crippen molar-refractivity contribution < 1.29 is 9.90 Å². The summed E-state index contributed by atoms with van der Waals surface area (Å²) in [5, 5.41) is 23.8. The third-order valence-corrected chi connectivity index (χ3v) is 3.44. The summed E-state index contributed by atoms with van der Waals surface area (Å²) in [5.41, 5.74) is 1.14. The lowest BCUT2D eigenvalue weighted by molar-refractivity contribution is -0.117. The van der Waals surface area contributed by atoms with Gasteiger partial charge in [-0.2, -0.15) is 5.26 Å². The van der Waals surface area contributed by atoms with E-state index in [9.17, 15) is 9.90 Å². The van der Waals surface area contributed by atoms with E-state index in [1.165, 1.54) is 0 Å². The number of nitriles is 1. The molecule has 1 heterocycles. The number of aliphatic hydroxyl groups is 1. The average Bonchev–Trinajstić information content (AvgIpc) is 2.78. The molecule has 18 heavy (non-hydrogen) atoms. The summed E-state index contributed by atoms with van der Waals surface area (Å²) in [6.45, 7) is 0.437. The van der Waals surface area contributed by atoms with E-state index >= 15 is 0 Å². The molecule has 2 unspecified atom stereocenters. The third-order valence-electron chi connectivity index (χ3n) is 2.78. The Bertz CT molecular complexity index is 513. The highest BCUT2D eigenvalue weighted by molar-refractivity contribution is 9.10. The number of benzene rings is 1. The van der Waals surface area contributed by atoms with Gasteiger partial charge in [-0.1, -0.05) is 0 Å². The van der Waals surface area contributed by atoms with E-state index in [2.05, 4.69) is 26.6 Å². The topological polar surface area (TPSA) is 85.2 Å². The SMILES string of the molecule is N#Cc1ccc(NC(=O)C2CC(O)CN2)c(Br)c1. The minimum absolute atomic E-state index is 0.183. The molecule has 6 heteroatoms. The summed E-state index contributed by atoms with van der Waals surface area (Å²) in [7, 11) is 0. The fourth-order valence-corrected chi connectivity index (χ4v) is 2.30. The predicted molar refractivity (Wildman–Crippen MR) is 69.9 cm³/mol. The molecule has 1 fully saturated rings. The van der Waals surface area contributed by atoms with Crippen LogP contribution in [0.25, 0.3) is 0 Å². The lowest BCUT2D eigenvalue weighted by atomic mass is 10.2. The Morgan fingerprint density at radius 3 is 2.94 bits per heavy atom. The predicted octanol–water partition coefficient (Wildman–Crippen LogP) is 0.982. The van der Waals surface area contributed by atoms with Gasteiger partial charge in [-0.3, -0.25) is 4.79 Å². The van der Waals surface area contributed by atoms with Crippen LogP contribution in [0.1, 0.15) is 12.0 Å². The summed E-state index contributed by atoms with van der Waals surface area (Å²) >= 11 is 3.30. The summed E-state index contributed by atoms with van der Waals surface area (Å²) in [6.07, 6.45) is -0.0510. The molecular weight excluding hydrogens is 298 g/mol. The van der Waals surface area contributed by atoms with Crippen LogP contribution in [0.5, 0.6) is 0 Å². The van der Waals surface area contributed by atoms with Gasteiger partial charge in [0.2, 0.25) is 5.91 Å². The fraction of sp³-hybridized carbons (Fsp3) is 0.333. The van der Waals surface area contributed by atoms with Crippen LogP contribution >= 0.6 is 15.9 Å². The van der Waals surface area contributed by atoms with Gasteiger partial charge < -0.3 is 15.7 Å². The van der Waals surface area contributed by atoms with Crippen molar-refractivity contribution in [3.8, 4) is 6.07 Å². The summed E-state index contributed by atoms with van der Waals surface area (Å²) in [5.74, 6) is -0.183. The lowest BCUT2D eigenvalue weighted by Crippen LogP contribution is -2.35. The van der Waals surface area contributed by atoms with Crippen molar-refractivity contribution in [3.05, 3.63) is 28.2 Å². The van der Waals surface area contributed by atoms with Gasteiger partial charge in [0, 0.05) is 11.0 Å². The van der Waals surface area contributed by atoms with E-state index in [-0.39, 0.29) is 11.9 Å². The van der Waals surface area contributed by atoms with Crippen molar-refractivity contribution in [2.75, 3.05) is 11.9 Å². The Kier molecular flexibility index (Phi) is 3.97. The molecule has 5 nitrogen and oxygen atoms in total. The number of halogens is 1. The van der Waals surface area contributed by atoms with Gasteiger partial charge in [-0.05, 0) is 40.5 Å². The van der Waals surface area contributed by atoms with Crippen molar-refractivity contribution in [1.29, 1.82) is 5.26 Å². The Morgan fingerprint density at radius 1 is 1.61 bits per heavy atom. The minimum Gasteiger partial charge on any atom is -0.392 e. The number of nitrogens with one attached hydrogen (secondary N) is 2. The second-order valence-electron chi connectivity index (χ2n) is 4.15. The van der Waals surface area contributed by atoms with Crippen LogP contribution in [-0.2, 0) is 4.79 Å². The number of carbonyl (C=O) groups is 1. The van der Waals surface area contributed by atoms with Gasteiger partial charge in [-0.15, -0.1) is 0 Å². The van der Waals surface area contributed by atoms with Crippen LogP contribution in [0.2, 0.25) is 0 Å². The maximum Gasteiger partial charge on any atom is 0.241 e. The Morgan fingerprint density at radius 2 is 2.39 bits per heavy atom. The summed E-state index contributed by atoms with van der Waals surface area (Å²) in [4.78, 5) is 11.9. The van der Waals surface area contributed by atoms with Crippen LogP contribution in [0, 0.1) is 11.3 Å². The average molecular weight is 310 g/mol. The molecular formula is C12H12BrN3O2. The molecule has 1 saturated heterocycles. The maximum atomic E-state index is 11.9. The van der Waals surface area contributed by atoms with Crippen LogP contribution in [0.3, 0.4) is 0 Å². The highest BCUT2D eigenvalue weighted by Gasteiger charge is 2.28. The first-order valence-electron chi connectivity index (χ1n) is 5.52. The fourth-order valence-electron chi connectivity index (χ4n) is 1.82. The second kappa shape index (κ2) is 5.48. The van der Waals surface area contributed by atoms with E-state index < -0.39 is 6.10 Å². The van der Waals surface area contributed by atoms with Crippen LogP contribution in [0.4, 0.5) is 5.69 Å². The normalized spacial score (nSPS) is 22.5. The monoisotopic (exact) mass is 309 g/mol. The molecule has 1 aromatic carbocycles. The summed E-state index contributed by atoms with van der Waals surface area (Å²) < 4.78 is 0.661. The largest absolute Gasteiger partial charge is 0.392 e. The smallest absolute Gasteiger partial charge is 0.241 e. The lowest BCUT2D eigenvalue weighted by Gasteiger charge is -2.12. The zero-order valence-electron chi connectivity index (χ0n) is 9.48. The van der Waals surface area contributed by atoms with Crippen molar-refractivity contribution in [2.24, 2.45) is 0 Å². The molecule has 0 spiro atoms. The molecule has 0 bridgehead atoms. The van der Waals surface area contributed by atoms with Crippen molar-refractivity contribution >= 4 is 27.5 Å². The molecule has 3 N–H and O–H groups in total. The number of rotatable bonds is 2. The van der Waals surface area contributed by atoms with Crippen LogP contribution < -0.4 is 10.6 Å². The van der Waals surface area contributed by atoms with E-state index in [4.69, 9.17) is 5.26 Å². The number of nitrogens with zero attached hydrogens (tertiary/aromatic N) is 1. The Labute approximate surface area is 113 Å². The van der Waals surface area contributed by atoms with Crippen LogP contribution in [-0.4, -0.2) is 29.7 Å². The third kappa shape index (κ3) is 2.88. The van der Waals surface area contributed by atoms with Gasteiger partial charge in [0.25, 0.3) is 0 Å². The van der Waals surface area contributed by atoms with Crippen LogP contribution in [0.15, 0.2) is 22.7 Å². The zero-order valence-corrected chi connectivity index (χ0v) is 11.1. The van der Waals surface area contributed by atoms with E-state index in [0.29, 0.717) is 28.7 Å². The molecule has 94 valence electrons. The van der Waals surface area contributed by atoms with Crippen molar-refractivity contribution in [2.45, 2.75) is 18.6 Å². The molecule has 1 aliphatic rings. The molecule has 0 aliphatic carbocycles. The number of amides is 1. The van der Waals surface area contributed by atoms with E-state index in [1.54, 1.807) is 18.2 Å². The molecule has 2 rings (SSSR count). The van der Waals surface area contributed by atoms with Gasteiger partial charge in [-0.25, -0.2) is 0 Å². The second-order valence-corrected chi connectivity index (χ2v) is 5.00. The molecule has 0 saturated carbocycles. The Balaban J connectivity index is 2.06. The van der Waals surface area contributed by atoms with Gasteiger partial charge in [0.1, 0.15) is 0 Å². The molecule has 1 amide bonds. The highest BCUT2D eigenvalue weighted by atomic mass is 79.9. The highest BCUT2D eigenvalue weighted by Crippen LogP contribution is 2.24. The number of carbonyl (C=O) groups excluding carboxylic acids is 1. The standard InChI is InChI=1S/C12H12BrN3O2/c13-9-3-7(5-14)1-2-10(9)16-12(18)11-4-8(17)6-15-11/h1-3,8,11,15,17H,4,6H2,(H,16,18). The number of hydrogen-bond donors (Lipinski definition) is 3.